The van der Waals surface area contributed by atoms with E-state index in [1.54, 1.807) is 0 Å². The molecule has 0 radical (unpaired) electrons. The number of rotatable bonds is 3. The van der Waals surface area contributed by atoms with Gasteiger partial charge >= 0.3 is 5.69 Å². The lowest BCUT2D eigenvalue weighted by Crippen LogP contribution is -2.21. The van der Waals surface area contributed by atoms with Gasteiger partial charge < -0.3 is 5.73 Å². The first-order valence-corrected chi connectivity index (χ1v) is 8.49. The summed E-state index contributed by atoms with van der Waals surface area (Å²) in [5, 5.41) is 0. The van der Waals surface area contributed by atoms with Crippen molar-refractivity contribution in [1.29, 1.82) is 0 Å². The predicted molar refractivity (Wildman–Crippen MR) is 103 cm³/mol. The molecule has 0 spiro atoms. The van der Waals surface area contributed by atoms with Gasteiger partial charge in [0, 0.05) is 12.6 Å². The van der Waals surface area contributed by atoms with Gasteiger partial charge in [-0.25, -0.2) is 23.7 Å². The molecule has 8 heteroatoms. The van der Waals surface area contributed by atoms with Crippen molar-refractivity contribution in [1.82, 2.24) is 19.1 Å². The topological polar surface area (TPSA) is 95.8 Å². The molecule has 0 aliphatic rings. The van der Waals surface area contributed by atoms with E-state index in [2.05, 4.69) is 9.97 Å². The van der Waals surface area contributed by atoms with E-state index in [4.69, 9.17) is 5.73 Å². The Hall–Kier alpha value is -3.81. The van der Waals surface area contributed by atoms with Gasteiger partial charge in [0.15, 0.2) is 17.2 Å². The molecule has 140 valence electrons. The SMILES string of the molecule is Cc1cccc(-c2nc(C(N)=O)c3c(n2)n(-c2ccc(F)cc2)c(=O)n3C)c1. The van der Waals surface area contributed by atoms with Gasteiger partial charge in [-0.05, 0) is 37.3 Å². The third-order valence-corrected chi connectivity index (χ3v) is 4.49. The van der Waals surface area contributed by atoms with Crippen LogP contribution in [-0.2, 0) is 7.05 Å². The van der Waals surface area contributed by atoms with Gasteiger partial charge in [-0.2, -0.15) is 0 Å². The molecule has 0 unspecified atom stereocenters. The summed E-state index contributed by atoms with van der Waals surface area (Å²) in [5.41, 5.74) is 7.58. The van der Waals surface area contributed by atoms with Crippen LogP contribution in [0.3, 0.4) is 0 Å². The summed E-state index contributed by atoms with van der Waals surface area (Å²) >= 11 is 0. The third kappa shape index (κ3) is 2.75. The number of hydrogen-bond acceptors (Lipinski definition) is 4. The van der Waals surface area contributed by atoms with E-state index in [0.29, 0.717) is 11.3 Å². The lowest BCUT2D eigenvalue weighted by atomic mass is 10.1. The lowest BCUT2D eigenvalue weighted by Gasteiger charge is -2.07. The van der Waals surface area contributed by atoms with Crippen LogP contribution in [0.25, 0.3) is 28.2 Å². The Labute approximate surface area is 158 Å². The fourth-order valence-electron chi connectivity index (χ4n) is 3.15. The van der Waals surface area contributed by atoms with Crippen molar-refractivity contribution in [3.63, 3.8) is 0 Å². The minimum atomic E-state index is -0.770. The first kappa shape index (κ1) is 17.6. The fraction of sp³-hybridized carbons (Fsp3) is 0.100. The molecule has 0 saturated heterocycles. The Kier molecular flexibility index (Phi) is 4.03. The zero-order chi connectivity index (χ0) is 20.0. The van der Waals surface area contributed by atoms with Crippen LogP contribution in [0.15, 0.2) is 53.3 Å². The Morgan fingerprint density at radius 1 is 1.11 bits per heavy atom. The number of nitrogens with two attached hydrogens (primary N) is 1. The summed E-state index contributed by atoms with van der Waals surface area (Å²) in [6.07, 6.45) is 0. The first-order chi connectivity index (χ1) is 13.4. The van der Waals surface area contributed by atoms with Gasteiger partial charge in [0.2, 0.25) is 0 Å². The Bertz CT molecular complexity index is 1290. The Morgan fingerprint density at radius 3 is 2.46 bits per heavy atom. The molecule has 0 aliphatic carbocycles. The molecule has 2 heterocycles. The number of nitrogens with zero attached hydrogens (tertiary/aromatic N) is 4. The van der Waals surface area contributed by atoms with Crippen LogP contribution >= 0.6 is 0 Å². The zero-order valence-electron chi connectivity index (χ0n) is 15.2. The Balaban J connectivity index is 2.11. The molecule has 2 aromatic carbocycles. The number of primary amides is 1. The van der Waals surface area contributed by atoms with E-state index in [0.717, 1.165) is 5.56 Å². The molecule has 1 amide bonds. The number of imidazole rings is 1. The largest absolute Gasteiger partial charge is 0.364 e. The van der Waals surface area contributed by atoms with E-state index < -0.39 is 17.4 Å². The number of aromatic nitrogens is 4. The van der Waals surface area contributed by atoms with E-state index in [1.165, 1.54) is 40.4 Å². The second-order valence-corrected chi connectivity index (χ2v) is 6.46. The predicted octanol–water partition coefficient (Wildman–Crippen LogP) is 2.33. The zero-order valence-corrected chi connectivity index (χ0v) is 15.2. The molecule has 0 bridgehead atoms. The van der Waals surface area contributed by atoms with Crippen LogP contribution in [-0.4, -0.2) is 25.0 Å². The molecule has 0 aliphatic heterocycles. The highest BCUT2D eigenvalue weighted by atomic mass is 19.1. The maximum Gasteiger partial charge on any atom is 0.334 e. The quantitative estimate of drug-likeness (QED) is 0.593. The normalized spacial score (nSPS) is 11.1. The highest BCUT2D eigenvalue weighted by Crippen LogP contribution is 2.23. The molecule has 7 nitrogen and oxygen atoms in total. The van der Waals surface area contributed by atoms with Crippen molar-refractivity contribution in [2.24, 2.45) is 12.8 Å². The summed E-state index contributed by atoms with van der Waals surface area (Å²) in [7, 11) is 1.51. The molecule has 2 N–H and O–H groups in total. The second-order valence-electron chi connectivity index (χ2n) is 6.46. The van der Waals surface area contributed by atoms with E-state index >= 15 is 0 Å². The molecular weight excluding hydrogens is 361 g/mol. The maximum atomic E-state index is 13.3. The van der Waals surface area contributed by atoms with Gasteiger partial charge in [0.25, 0.3) is 5.91 Å². The third-order valence-electron chi connectivity index (χ3n) is 4.49. The highest BCUT2D eigenvalue weighted by Gasteiger charge is 2.22. The van der Waals surface area contributed by atoms with Crippen LogP contribution < -0.4 is 11.4 Å². The van der Waals surface area contributed by atoms with Gasteiger partial charge in [0.1, 0.15) is 11.3 Å². The number of benzene rings is 2. The molecule has 0 saturated carbocycles. The molecule has 4 aromatic rings. The second kappa shape index (κ2) is 6.41. The van der Waals surface area contributed by atoms with Crippen LogP contribution in [0, 0.1) is 12.7 Å². The van der Waals surface area contributed by atoms with Crippen molar-refractivity contribution in [3.05, 3.63) is 76.1 Å². The fourth-order valence-corrected chi connectivity index (χ4v) is 3.15. The van der Waals surface area contributed by atoms with Crippen molar-refractivity contribution >= 4 is 17.1 Å². The molecule has 2 aromatic heterocycles. The summed E-state index contributed by atoms with van der Waals surface area (Å²) in [4.78, 5) is 33.8. The van der Waals surface area contributed by atoms with Crippen molar-refractivity contribution in [3.8, 4) is 17.1 Å². The van der Waals surface area contributed by atoms with Crippen LogP contribution in [0.1, 0.15) is 16.1 Å². The highest BCUT2D eigenvalue weighted by molar-refractivity contribution is 6.02. The number of aryl methyl sites for hydroxylation is 2. The summed E-state index contributed by atoms with van der Waals surface area (Å²) in [6, 6.07) is 12.9. The van der Waals surface area contributed by atoms with Gasteiger partial charge in [0.05, 0.1) is 5.69 Å². The average molecular weight is 377 g/mol. The molecule has 28 heavy (non-hydrogen) atoms. The number of fused-ring (bicyclic) bond motifs is 1. The number of carbonyl (C=O) groups excluding carboxylic acids is 1. The van der Waals surface area contributed by atoms with Crippen LogP contribution in [0.5, 0.6) is 0 Å². The van der Waals surface area contributed by atoms with Gasteiger partial charge in [-0.3, -0.25) is 9.36 Å². The summed E-state index contributed by atoms with van der Waals surface area (Å²) < 4.78 is 15.9. The standard InChI is InChI=1S/C20H16FN5O2/c1-11-4-3-5-12(10-11)18-23-15(17(22)27)16-19(24-18)26(20(28)25(16)2)14-8-6-13(21)7-9-14/h3-10H,1-2H3,(H2,22,27). The van der Waals surface area contributed by atoms with Crippen LogP contribution in [0.4, 0.5) is 4.39 Å². The summed E-state index contributed by atoms with van der Waals surface area (Å²) in [6.45, 7) is 1.92. The van der Waals surface area contributed by atoms with E-state index in [-0.39, 0.29) is 22.7 Å². The van der Waals surface area contributed by atoms with Gasteiger partial charge in [-0.1, -0.05) is 23.8 Å². The molecule has 4 rings (SSSR count). The molecule has 0 atom stereocenters. The van der Waals surface area contributed by atoms with Crippen LogP contribution in [0.2, 0.25) is 0 Å². The molecular formula is C20H16FN5O2. The number of hydrogen-bond donors (Lipinski definition) is 1. The molecule has 0 fully saturated rings. The Morgan fingerprint density at radius 2 is 1.82 bits per heavy atom. The monoisotopic (exact) mass is 377 g/mol. The number of halogens is 1. The van der Waals surface area contributed by atoms with Crippen molar-refractivity contribution < 1.29 is 9.18 Å². The lowest BCUT2D eigenvalue weighted by molar-refractivity contribution is 0.0997. The smallest absolute Gasteiger partial charge is 0.334 e. The minimum Gasteiger partial charge on any atom is -0.364 e. The number of carbonyl (C=O) groups is 1. The van der Waals surface area contributed by atoms with E-state index in [9.17, 15) is 14.0 Å². The first-order valence-electron chi connectivity index (χ1n) is 8.49. The number of amides is 1. The minimum absolute atomic E-state index is 0.0537. The maximum absolute atomic E-state index is 13.3. The average Bonchev–Trinajstić information content (AvgIpc) is 2.92. The van der Waals surface area contributed by atoms with E-state index in [1.807, 2.05) is 31.2 Å². The van der Waals surface area contributed by atoms with Gasteiger partial charge in [-0.15, -0.1) is 0 Å². The summed E-state index contributed by atoms with van der Waals surface area (Å²) in [5.74, 6) is -0.926. The van der Waals surface area contributed by atoms with Crippen molar-refractivity contribution in [2.75, 3.05) is 0 Å². The van der Waals surface area contributed by atoms with Crippen molar-refractivity contribution in [2.45, 2.75) is 6.92 Å².